The molecule has 1 saturated heterocycles. The summed E-state index contributed by atoms with van der Waals surface area (Å²) in [7, 11) is 0. The monoisotopic (exact) mass is 479 g/mol. The first kappa shape index (κ1) is 24.1. The zero-order valence-electron chi connectivity index (χ0n) is 18.7. The molecule has 180 valence electrons. The topological polar surface area (TPSA) is 116 Å². The van der Waals surface area contributed by atoms with Crippen LogP contribution in [0.15, 0.2) is 46.0 Å². The summed E-state index contributed by atoms with van der Waals surface area (Å²) in [4.78, 5) is 75.2. The van der Waals surface area contributed by atoms with Gasteiger partial charge in [0.2, 0.25) is 6.41 Å². The van der Waals surface area contributed by atoms with Gasteiger partial charge < -0.3 is 4.90 Å². The van der Waals surface area contributed by atoms with Crippen molar-refractivity contribution in [1.29, 1.82) is 0 Å². The van der Waals surface area contributed by atoms with Gasteiger partial charge in [0.05, 0.1) is 10.9 Å². The summed E-state index contributed by atoms with van der Waals surface area (Å²) in [6.45, 7) is 1.37. The average Bonchev–Trinajstić information content (AvgIpc) is 2.88. The van der Waals surface area contributed by atoms with Crippen molar-refractivity contribution in [3.05, 3.63) is 79.7 Å². The molecule has 4 rings (SSSR count). The minimum Gasteiger partial charge on any atom is -0.302 e. The summed E-state index contributed by atoms with van der Waals surface area (Å²) in [6, 6.07) is 8.01. The number of halogens is 1. The zero-order valence-corrected chi connectivity index (χ0v) is 18.7. The Morgan fingerprint density at radius 2 is 1.63 bits per heavy atom. The number of likely N-dealkylation sites (tertiary alicyclic amines) is 1. The lowest BCUT2D eigenvalue weighted by molar-refractivity contribution is 0.0836. The van der Waals surface area contributed by atoms with Crippen molar-refractivity contribution in [2.45, 2.75) is 19.4 Å². The minimum absolute atomic E-state index is 0.0138. The number of hydrogen-bond acceptors (Lipinski definition) is 7. The number of rotatable bonds is 8. The maximum Gasteiger partial charge on any atom is 0.338 e. The van der Waals surface area contributed by atoms with Crippen molar-refractivity contribution in [1.82, 2.24) is 14.0 Å². The lowest BCUT2D eigenvalue weighted by atomic mass is 9.89. The van der Waals surface area contributed by atoms with Crippen molar-refractivity contribution < 1.29 is 23.6 Å². The maximum absolute atomic E-state index is 13.1. The summed E-state index contributed by atoms with van der Waals surface area (Å²) in [5, 5.41) is -0.167. The Labute approximate surface area is 198 Å². The van der Waals surface area contributed by atoms with Crippen LogP contribution in [-0.4, -0.2) is 58.4 Å². The number of fused-ring (bicyclic) bond motifs is 1. The first-order valence-corrected chi connectivity index (χ1v) is 11.1. The predicted octanol–water partition coefficient (Wildman–Crippen LogP) is 1.56. The standard InChI is InChI=1S/C25H22FN3O6/c26-19-4-1-16(2-5-19)23(33)17-7-9-27(10-8-17)11-12-28-24(34)22-20(14-31)18(13-30)3-6-21(22)29(15-32)25(28)35/h1-6,13-15,17H,7-12H2. The van der Waals surface area contributed by atoms with E-state index in [-0.39, 0.29) is 46.7 Å². The lowest BCUT2D eigenvalue weighted by Gasteiger charge is -2.31. The molecule has 0 bridgehead atoms. The molecule has 9 nitrogen and oxygen atoms in total. The van der Waals surface area contributed by atoms with Crippen LogP contribution in [0.3, 0.4) is 0 Å². The van der Waals surface area contributed by atoms with Gasteiger partial charge in [0.1, 0.15) is 5.82 Å². The van der Waals surface area contributed by atoms with Gasteiger partial charge in [-0.3, -0.25) is 28.5 Å². The summed E-state index contributed by atoms with van der Waals surface area (Å²) in [5.74, 6) is -0.655. The molecular formula is C25H22FN3O6. The minimum atomic E-state index is -0.838. The average molecular weight is 479 g/mol. The van der Waals surface area contributed by atoms with Crippen LogP contribution in [0, 0.1) is 11.7 Å². The van der Waals surface area contributed by atoms with E-state index in [4.69, 9.17) is 0 Å². The van der Waals surface area contributed by atoms with Gasteiger partial charge in [-0.1, -0.05) is 0 Å². The van der Waals surface area contributed by atoms with Gasteiger partial charge in [-0.25, -0.2) is 13.8 Å². The van der Waals surface area contributed by atoms with E-state index in [0.717, 1.165) is 9.13 Å². The maximum atomic E-state index is 13.1. The number of aldehydes is 2. The molecule has 35 heavy (non-hydrogen) atoms. The molecule has 1 aliphatic rings. The molecule has 0 aliphatic carbocycles. The fraction of sp³-hybridized carbons (Fsp3) is 0.280. The molecule has 1 aliphatic heterocycles. The second-order valence-corrected chi connectivity index (χ2v) is 8.40. The van der Waals surface area contributed by atoms with Gasteiger partial charge >= 0.3 is 5.69 Å². The molecular weight excluding hydrogens is 457 g/mol. The zero-order chi connectivity index (χ0) is 25.1. The van der Waals surface area contributed by atoms with Crippen LogP contribution >= 0.6 is 0 Å². The first-order chi connectivity index (χ1) is 16.9. The number of carbonyl (C=O) groups excluding carboxylic acids is 4. The molecule has 3 aromatic rings. The van der Waals surface area contributed by atoms with E-state index in [1.165, 1.54) is 36.4 Å². The number of Topliss-reactive ketones (excluding diaryl/α,β-unsaturated/α-hetero) is 1. The van der Waals surface area contributed by atoms with Crippen LogP contribution in [0.25, 0.3) is 10.9 Å². The highest BCUT2D eigenvalue weighted by molar-refractivity contribution is 6.04. The Balaban J connectivity index is 1.53. The van der Waals surface area contributed by atoms with Gasteiger partial charge in [0, 0.05) is 35.7 Å². The van der Waals surface area contributed by atoms with E-state index in [9.17, 15) is 33.2 Å². The fourth-order valence-corrected chi connectivity index (χ4v) is 4.54. The number of piperidine rings is 1. The number of nitrogens with zero attached hydrogens (tertiary/aromatic N) is 3. The predicted molar refractivity (Wildman–Crippen MR) is 125 cm³/mol. The molecule has 0 amide bonds. The molecule has 1 fully saturated rings. The molecule has 10 heteroatoms. The summed E-state index contributed by atoms with van der Waals surface area (Å²) in [6.07, 6.45) is 2.20. The summed E-state index contributed by atoms with van der Waals surface area (Å²) < 4.78 is 14.7. The Morgan fingerprint density at radius 3 is 2.23 bits per heavy atom. The van der Waals surface area contributed by atoms with Crippen molar-refractivity contribution in [3.63, 3.8) is 0 Å². The van der Waals surface area contributed by atoms with Gasteiger partial charge in [0.15, 0.2) is 18.4 Å². The normalized spacial score (nSPS) is 14.7. The van der Waals surface area contributed by atoms with Crippen molar-refractivity contribution in [2.75, 3.05) is 19.6 Å². The Morgan fingerprint density at radius 1 is 0.943 bits per heavy atom. The van der Waals surface area contributed by atoms with E-state index in [2.05, 4.69) is 0 Å². The molecule has 0 atom stereocenters. The highest BCUT2D eigenvalue weighted by Crippen LogP contribution is 2.22. The molecule has 0 N–H and O–H groups in total. The second-order valence-electron chi connectivity index (χ2n) is 8.40. The number of hydrogen-bond donors (Lipinski definition) is 0. The molecule has 0 unspecified atom stereocenters. The third-order valence-electron chi connectivity index (χ3n) is 6.49. The van der Waals surface area contributed by atoms with Crippen molar-refractivity contribution >= 4 is 35.7 Å². The van der Waals surface area contributed by atoms with E-state index in [1.807, 2.05) is 4.90 Å². The van der Waals surface area contributed by atoms with Gasteiger partial charge in [0.25, 0.3) is 5.56 Å². The van der Waals surface area contributed by atoms with Crippen LogP contribution in [0.2, 0.25) is 0 Å². The van der Waals surface area contributed by atoms with Crippen molar-refractivity contribution in [2.24, 2.45) is 5.92 Å². The second kappa shape index (κ2) is 10.1. The van der Waals surface area contributed by atoms with Crippen molar-refractivity contribution in [3.8, 4) is 0 Å². The molecule has 0 saturated carbocycles. The van der Waals surface area contributed by atoms with Gasteiger partial charge in [-0.2, -0.15) is 0 Å². The van der Waals surface area contributed by atoms with Gasteiger partial charge in [-0.05, 0) is 62.3 Å². The fourth-order valence-electron chi connectivity index (χ4n) is 4.54. The highest BCUT2D eigenvalue weighted by atomic mass is 19.1. The summed E-state index contributed by atoms with van der Waals surface area (Å²) >= 11 is 0. The van der Waals surface area contributed by atoms with E-state index in [0.29, 0.717) is 50.6 Å². The van der Waals surface area contributed by atoms with E-state index >= 15 is 0 Å². The number of carbonyl (C=O) groups is 4. The Bertz CT molecular complexity index is 1430. The Kier molecular flexibility index (Phi) is 6.92. The lowest BCUT2D eigenvalue weighted by Crippen LogP contribution is -2.44. The van der Waals surface area contributed by atoms with E-state index in [1.54, 1.807) is 0 Å². The molecule has 0 spiro atoms. The largest absolute Gasteiger partial charge is 0.338 e. The highest BCUT2D eigenvalue weighted by Gasteiger charge is 2.26. The SMILES string of the molecule is O=Cc1ccc2c(c1C=O)c(=O)n(CCN1CCC(C(=O)c3ccc(F)cc3)CC1)c(=O)n2C=O. The smallest absolute Gasteiger partial charge is 0.302 e. The number of benzene rings is 2. The summed E-state index contributed by atoms with van der Waals surface area (Å²) in [5.41, 5.74) is -1.36. The molecule has 0 radical (unpaired) electrons. The van der Waals surface area contributed by atoms with Crippen LogP contribution in [0.4, 0.5) is 4.39 Å². The van der Waals surface area contributed by atoms with Crippen LogP contribution < -0.4 is 11.2 Å². The first-order valence-electron chi connectivity index (χ1n) is 11.1. The molecule has 2 heterocycles. The number of ketones is 1. The van der Waals surface area contributed by atoms with Gasteiger partial charge in [-0.15, -0.1) is 0 Å². The number of aromatic nitrogens is 2. The Hall–Kier alpha value is -4.05. The third-order valence-corrected chi connectivity index (χ3v) is 6.49. The quantitative estimate of drug-likeness (QED) is 0.356. The van der Waals surface area contributed by atoms with Crippen LogP contribution in [0.5, 0.6) is 0 Å². The van der Waals surface area contributed by atoms with Crippen LogP contribution in [-0.2, 0) is 11.3 Å². The third kappa shape index (κ3) is 4.52. The van der Waals surface area contributed by atoms with E-state index < -0.39 is 17.1 Å². The van der Waals surface area contributed by atoms with Crippen LogP contribution in [0.1, 0.15) is 43.9 Å². The molecule has 1 aromatic heterocycles. The molecule has 2 aromatic carbocycles.